The van der Waals surface area contributed by atoms with Gasteiger partial charge in [0.1, 0.15) is 0 Å². The van der Waals surface area contributed by atoms with Crippen molar-refractivity contribution in [1.29, 1.82) is 0 Å². The van der Waals surface area contributed by atoms with E-state index in [1.807, 2.05) is 29.5 Å². The average Bonchev–Trinajstić information content (AvgIpc) is 1.81. The van der Waals surface area contributed by atoms with E-state index in [2.05, 4.69) is 4.18 Å². The van der Waals surface area contributed by atoms with Gasteiger partial charge in [-0.05, 0) is 29.5 Å². The van der Waals surface area contributed by atoms with Crippen LogP contribution in [0.4, 0.5) is 0 Å². The van der Waals surface area contributed by atoms with Gasteiger partial charge in [0, 0.05) is 3.58 Å². The van der Waals surface area contributed by atoms with Gasteiger partial charge in [0.15, 0.2) is 0 Å². The van der Waals surface area contributed by atoms with E-state index in [1.54, 1.807) is 6.08 Å². The van der Waals surface area contributed by atoms with Crippen LogP contribution in [0.1, 0.15) is 6.92 Å². The predicted molar refractivity (Wildman–Crippen MR) is 48.6 cm³/mol. The predicted octanol–water partition coefficient (Wildman–Crippen LogP) is 1.30. The van der Waals surface area contributed by atoms with E-state index < -0.39 is 10.1 Å². The Balaban J connectivity index is 3.79. The highest BCUT2D eigenvalue weighted by Crippen LogP contribution is 2.06. The topological polar surface area (TPSA) is 43.4 Å². The van der Waals surface area contributed by atoms with Crippen LogP contribution in [0.15, 0.2) is 9.66 Å². The highest BCUT2D eigenvalue weighted by molar-refractivity contribution is 14.1. The van der Waals surface area contributed by atoms with Gasteiger partial charge in [-0.15, -0.1) is 0 Å². The van der Waals surface area contributed by atoms with Crippen molar-refractivity contribution < 1.29 is 12.6 Å². The lowest BCUT2D eigenvalue weighted by Gasteiger charge is -1.97. The van der Waals surface area contributed by atoms with E-state index in [9.17, 15) is 8.42 Å². The summed E-state index contributed by atoms with van der Waals surface area (Å²) in [4.78, 5) is 0. The number of hydrogen-bond donors (Lipinski definition) is 0. The molecule has 0 bridgehead atoms. The molecule has 0 heterocycles. The number of hydrogen-bond acceptors (Lipinski definition) is 3. The molecule has 0 aromatic heterocycles. The van der Waals surface area contributed by atoms with Gasteiger partial charge < -0.3 is 0 Å². The summed E-state index contributed by atoms with van der Waals surface area (Å²) >= 11 is 2.02. The summed E-state index contributed by atoms with van der Waals surface area (Å²) in [6.45, 7) is 1.98. The fourth-order valence-electron chi connectivity index (χ4n) is 0.247. The van der Waals surface area contributed by atoms with E-state index in [4.69, 9.17) is 0 Å². The maximum Gasteiger partial charge on any atom is 0.264 e. The van der Waals surface area contributed by atoms with Crippen molar-refractivity contribution in [3.8, 4) is 0 Å². The molecule has 0 rings (SSSR count). The number of allylic oxidation sites excluding steroid dienone is 1. The van der Waals surface area contributed by atoms with Gasteiger partial charge in [-0.1, -0.05) is 6.08 Å². The van der Waals surface area contributed by atoms with Crippen LogP contribution in [-0.2, 0) is 14.3 Å². The Morgan fingerprint density at radius 2 is 2.20 bits per heavy atom. The van der Waals surface area contributed by atoms with Crippen molar-refractivity contribution in [2.24, 2.45) is 0 Å². The number of rotatable bonds is 3. The summed E-state index contributed by atoms with van der Waals surface area (Å²) in [7, 11) is -3.27. The third kappa shape index (κ3) is 6.50. The maximum absolute atomic E-state index is 10.4. The average molecular weight is 276 g/mol. The molecular formula is C5H9IO3S. The summed E-state index contributed by atoms with van der Waals surface area (Å²) in [5.41, 5.74) is 0. The highest BCUT2D eigenvalue weighted by Gasteiger charge is 2.00. The highest BCUT2D eigenvalue weighted by atomic mass is 127. The first-order valence-corrected chi connectivity index (χ1v) is 5.50. The van der Waals surface area contributed by atoms with Crippen LogP contribution in [0.3, 0.4) is 0 Å². The van der Waals surface area contributed by atoms with Crippen molar-refractivity contribution in [1.82, 2.24) is 0 Å². The van der Waals surface area contributed by atoms with Crippen molar-refractivity contribution >= 4 is 32.7 Å². The molecule has 0 saturated heterocycles. The largest absolute Gasteiger partial charge is 0.265 e. The Morgan fingerprint density at radius 3 is 2.50 bits per heavy atom. The molecule has 0 aliphatic heterocycles. The molecule has 0 aromatic carbocycles. The van der Waals surface area contributed by atoms with Gasteiger partial charge in [0.2, 0.25) is 0 Å². The van der Waals surface area contributed by atoms with E-state index in [1.165, 1.54) is 0 Å². The molecular weight excluding hydrogens is 267 g/mol. The van der Waals surface area contributed by atoms with E-state index in [0.29, 0.717) is 0 Å². The Kier molecular flexibility index (Phi) is 4.46. The molecule has 0 unspecified atom stereocenters. The molecule has 0 aromatic rings. The SMILES string of the molecule is C/C=C(\I)COS(C)(=O)=O. The van der Waals surface area contributed by atoms with Crippen LogP contribution in [0.2, 0.25) is 0 Å². The standard InChI is InChI=1S/C5H9IO3S/c1-3-5(6)4-9-10(2,7)8/h3H,4H2,1-2H3/b5-3-. The van der Waals surface area contributed by atoms with E-state index in [-0.39, 0.29) is 6.61 Å². The van der Waals surface area contributed by atoms with Crippen LogP contribution < -0.4 is 0 Å². The third-order valence-corrected chi connectivity index (χ3v) is 2.20. The summed E-state index contributed by atoms with van der Waals surface area (Å²) in [6.07, 6.45) is 2.83. The minimum absolute atomic E-state index is 0.149. The quantitative estimate of drug-likeness (QED) is 0.576. The van der Waals surface area contributed by atoms with Gasteiger partial charge in [-0.25, -0.2) is 0 Å². The Hall–Kier alpha value is 0.380. The molecule has 3 nitrogen and oxygen atoms in total. The summed E-state index contributed by atoms with van der Waals surface area (Å²) in [5, 5.41) is 0. The van der Waals surface area contributed by atoms with Crippen molar-refractivity contribution in [3.63, 3.8) is 0 Å². The smallest absolute Gasteiger partial charge is 0.264 e. The Labute approximate surface area is 74.7 Å². The fraction of sp³-hybridized carbons (Fsp3) is 0.600. The van der Waals surface area contributed by atoms with Crippen LogP contribution in [0.5, 0.6) is 0 Å². The monoisotopic (exact) mass is 276 g/mol. The summed E-state index contributed by atoms with van der Waals surface area (Å²) in [6, 6.07) is 0. The molecule has 0 fully saturated rings. The molecule has 0 radical (unpaired) electrons. The molecule has 0 spiro atoms. The van der Waals surface area contributed by atoms with E-state index in [0.717, 1.165) is 9.84 Å². The third-order valence-electron chi connectivity index (χ3n) is 0.724. The first-order chi connectivity index (χ1) is 4.45. The number of halogens is 1. The van der Waals surface area contributed by atoms with Crippen LogP contribution in [-0.4, -0.2) is 21.3 Å². The molecule has 0 amide bonds. The first kappa shape index (κ1) is 10.4. The lowest BCUT2D eigenvalue weighted by atomic mass is 10.6. The van der Waals surface area contributed by atoms with Crippen LogP contribution in [0.25, 0.3) is 0 Å². The van der Waals surface area contributed by atoms with Gasteiger partial charge in [-0.3, -0.25) is 4.18 Å². The van der Waals surface area contributed by atoms with Gasteiger partial charge in [0.05, 0.1) is 12.9 Å². The summed E-state index contributed by atoms with van der Waals surface area (Å²) < 4.78 is 26.2. The van der Waals surface area contributed by atoms with Crippen molar-refractivity contribution in [3.05, 3.63) is 9.66 Å². The minimum atomic E-state index is -3.27. The molecule has 0 aliphatic carbocycles. The van der Waals surface area contributed by atoms with Crippen LogP contribution >= 0.6 is 22.6 Å². The molecule has 0 saturated carbocycles. The summed E-state index contributed by atoms with van der Waals surface area (Å²) in [5.74, 6) is 0. The second kappa shape index (κ2) is 4.30. The Morgan fingerprint density at radius 1 is 1.70 bits per heavy atom. The second-order valence-electron chi connectivity index (χ2n) is 1.70. The van der Waals surface area contributed by atoms with Gasteiger partial charge in [-0.2, -0.15) is 8.42 Å². The van der Waals surface area contributed by atoms with Crippen molar-refractivity contribution in [2.45, 2.75) is 6.92 Å². The second-order valence-corrected chi connectivity index (χ2v) is 4.73. The molecule has 0 atom stereocenters. The first-order valence-electron chi connectivity index (χ1n) is 2.61. The molecule has 10 heavy (non-hydrogen) atoms. The molecule has 0 aliphatic rings. The maximum atomic E-state index is 10.4. The van der Waals surface area contributed by atoms with Crippen molar-refractivity contribution in [2.75, 3.05) is 12.9 Å². The normalized spacial score (nSPS) is 13.7. The van der Waals surface area contributed by atoms with E-state index >= 15 is 0 Å². The Bertz CT molecular complexity index is 217. The minimum Gasteiger partial charge on any atom is -0.265 e. The van der Waals surface area contributed by atoms with Gasteiger partial charge >= 0.3 is 0 Å². The molecule has 5 heteroatoms. The van der Waals surface area contributed by atoms with Crippen LogP contribution in [0, 0.1) is 0 Å². The lowest BCUT2D eigenvalue weighted by molar-refractivity contribution is 0.360. The lowest BCUT2D eigenvalue weighted by Crippen LogP contribution is -2.03. The molecule has 0 N–H and O–H groups in total. The fourth-order valence-corrected chi connectivity index (χ4v) is 0.955. The zero-order chi connectivity index (χ0) is 8.20. The zero-order valence-electron chi connectivity index (χ0n) is 5.80. The van der Waals surface area contributed by atoms with Gasteiger partial charge in [0.25, 0.3) is 10.1 Å². The zero-order valence-corrected chi connectivity index (χ0v) is 8.77. The molecule has 60 valence electrons.